The summed E-state index contributed by atoms with van der Waals surface area (Å²) in [7, 11) is 0. The normalized spacial score (nSPS) is 21.8. The van der Waals surface area contributed by atoms with E-state index in [0.29, 0.717) is 12.5 Å². The van der Waals surface area contributed by atoms with E-state index in [1.807, 2.05) is 5.01 Å². The Bertz CT molecular complexity index is 211. The van der Waals surface area contributed by atoms with E-state index in [1.165, 1.54) is 0 Å². The first-order valence-electron chi connectivity index (χ1n) is 5.63. The zero-order chi connectivity index (χ0) is 11.3. The van der Waals surface area contributed by atoms with E-state index in [-0.39, 0.29) is 12.1 Å². The molecule has 0 aliphatic carbocycles. The Balaban J connectivity index is 2.51. The Morgan fingerprint density at radius 1 is 1.47 bits per heavy atom. The van der Waals surface area contributed by atoms with Crippen molar-refractivity contribution < 1.29 is 4.74 Å². The van der Waals surface area contributed by atoms with Crippen LogP contribution in [0.3, 0.4) is 0 Å². The highest BCUT2D eigenvalue weighted by Crippen LogP contribution is 2.20. The van der Waals surface area contributed by atoms with E-state index in [0.717, 1.165) is 25.9 Å². The van der Waals surface area contributed by atoms with Crippen LogP contribution in [0.15, 0.2) is 5.10 Å². The van der Waals surface area contributed by atoms with Gasteiger partial charge in [-0.2, -0.15) is 0 Å². The predicted octanol–water partition coefficient (Wildman–Crippen LogP) is 0.312. The van der Waals surface area contributed by atoms with E-state index in [9.17, 15) is 0 Å². The van der Waals surface area contributed by atoms with Gasteiger partial charge in [0.25, 0.3) is 0 Å². The Morgan fingerprint density at radius 2 is 2.13 bits per heavy atom. The molecule has 0 saturated carbocycles. The van der Waals surface area contributed by atoms with Gasteiger partial charge in [0.2, 0.25) is 5.96 Å². The molecule has 0 spiro atoms. The molecule has 1 aliphatic heterocycles. The number of hydrogen-bond acceptors (Lipinski definition) is 3. The lowest BCUT2D eigenvalue weighted by Crippen LogP contribution is -2.44. The number of rotatable bonds is 4. The van der Waals surface area contributed by atoms with Gasteiger partial charge in [0.1, 0.15) is 0 Å². The number of hydrogen-bond donors (Lipinski definition) is 2. The fourth-order valence-electron chi connectivity index (χ4n) is 2.01. The summed E-state index contributed by atoms with van der Waals surface area (Å²) in [5.74, 6) is 0.724. The van der Waals surface area contributed by atoms with Crippen molar-refractivity contribution in [2.24, 2.45) is 22.5 Å². The van der Waals surface area contributed by atoms with Gasteiger partial charge in [0.15, 0.2) is 0 Å². The molecule has 0 aromatic heterocycles. The molecule has 5 heteroatoms. The molecule has 1 saturated heterocycles. The Labute approximate surface area is 91.4 Å². The third-order valence-corrected chi connectivity index (χ3v) is 2.90. The molecule has 0 aromatic carbocycles. The second-order valence-corrected chi connectivity index (χ2v) is 3.92. The van der Waals surface area contributed by atoms with Crippen molar-refractivity contribution in [3.63, 3.8) is 0 Å². The summed E-state index contributed by atoms with van der Waals surface area (Å²) in [5, 5.41) is 5.97. The number of ether oxygens (including phenoxy) is 1. The van der Waals surface area contributed by atoms with Crippen LogP contribution in [0, 0.1) is 5.92 Å². The fraction of sp³-hybridized carbons (Fsp3) is 0.900. The van der Waals surface area contributed by atoms with Crippen LogP contribution in [-0.2, 0) is 4.74 Å². The van der Waals surface area contributed by atoms with Crippen molar-refractivity contribution in [1.29, 1.82) is 0 Å². The molecule has 1 rings (SSSR count). The van der Waals surface area contributed by atoms with Crippen LogP contribution in [0.5, 0.6) is 0 Å². The first kappa shape index (κ1) is 12.1. The third kappa shape index (κ3) is 3.58. The van der Waals surface area contributed by atoms with Gasteiger partial charge in [0.05, 0.1) is 25.8 Å². The fourth-order valence-corrected chi connectivity index (χ4v) is 2.01. The van der Waals surface area contributed by atoms with E-state index < -0.39 is 0 Å². The van der Waals surface area contributed by atoms with Crippen LogP contribution in [0.25, 0.3) is 0 Å². The SMILES string of the molecule is CCC(CC)C1CN(N=C(N)N)CCO1. The zero-order valence-electron chi connectivity index (χ0n) is 9.65. The molecule has 4 N–H and O–H groups in total. The standard InChI is InChI=1S/C10H22N4O/c1-3-8(4-2)9-7-14(5-6-15-9)13-10(11)12/h8-9H,3-7H2,1-2H3,(H4,11,12,13). The monoisotopic (exact) mass is 214 g/mol. The van der Waals surface area contributed by atoms with Crippen molar-refractivity contribution in [1.82, 2.24) is 5.01 Å². The highest BCUT2D eigenvalue weighted by molar-refractivity contribution is 5.75. The van der Waals surface area contributed by atoms with Crippen LogP contribution < -0.4 is 11.5 Å². The van der Waals surface area contributed by atoms with Crippen LogP contribution in [0.2, 0.25) is 0 Å². The summed E-state index contributed by atoms with van der Waals surface area (Å²) in [4.78, 5) is 0. The quantitative estimate of drug-likeness (QED) is 0.521. The number of nitrogens with two attached hydrogens (primary N) is 2. The molecule has 1 fully saturated rings. The first-order valence-corrected chi connectivity index (χ1v) is 5.63. The Kier molecular flexibility index (Phi) is 4.68. The average molecular weight is 214 g/mol. The van der Waals surface area contributed by atoms with Gasteiger partial charge < -0.3 is 16.2 Å². The highest BCUT2D eigenvalue weighted by atomic mass is 16.5. The lowest BCUT2D eigenvalue weighted by Gasteiger charge is -2.34. The number of guanidine groups is 1. The number of nitrogens with zero attached hydrogens (tertiary/aromatic N) is 2. The molecule has 0 amide bonds. The highest BCUT2D eigenvalue weighted by Gasteiger charge is 2.25. The topological polar surface area (TPSA) is 76.9 Å². The number of hydrazone groups is 1. The van der Waals surface area contributed by atoms with Gasteiger partial charge >= 0.3 is 0 Å². The van der Waals surface area contributed by atoms with E-state index >= 15 is 0 Å². The largest absolute Gasteiger partial charge is 0.374 e. The maximum Gasteiger partial charge on any atom is 0.208 e. The van der Waals surface area contributed by atoms with Gasteiger partial charge in [0, 0.05) is 0 Å². The van der Waals surface area contributed by atoms with Gasteiger partial charge in [-0.15, -0.1) is 5.10 Å². The molecule has 1 heterocycles. The van der Waals surface area contributed by atoms with Gasteiger partial charge in [-0.25, -0.2) is 0 Å². The second kappa shape index (κ2) is 5.80. The second-order valence-electron chi connectivity index (χ2n) is 3.92. The summed E-state index contributed by atoms with van der Waals surface area (Å²) in [6.45, 7) is 6.66. The molecule has 1 unspecified atom stereocenters. The van der Waals surface area contributed by atoms with Gasteiger partial charge in [-0.3, -0.25) is 5.01 Å². The molecule has 15 heavy (non-hydrogen) atoms. The average Bonchev–Trinajstić information content (AvgIpc) is 2.19. The lowest BCUT2D eigenvalue weighted by molar-refractivity contribution is -0.0586. The Morgan fingerprint density at radius 3 is 2.67 bits per heavy atom. The van der Waals surface area contributed by atoms with E-state index in [4.69, 9.17) is 16.2 Å². The first-order chi connectivity index (χ1) is 7.17. The molecule has 0 radical (unpaired) electrons. The summed E-state index contributed by atoms with van der Waals surface area (Å²) in [6, 6.07) is 0. The van der Waals surface area contributed by atoms with Crippen molar-refractivity contribution in [2.75, 3.05) is 19.7 Å². The van der Waals surface area contributed by atoms with E-state index in [1.54, 1.807) is 0 Å². The Hall–Kier alpha value is -0.970. The van der Waals surface area contributed by atoms with Gasteiger partial charge in [-0.1, -0.05) is 26.7 Å². The summed E-state index contributed by atoms with van der Waals surface area (Å²) in [6.07, 6.45) is 2.53. The molecule has 1 aliphatic rings. The minimum atomic E-state index is 0.125. The molecular formula is C10H22N4O. The maximum atomic E-state index is 5.74. The molecule has 0 aromatic rings. The lowest BCUT2D eigenvalue weighted by atomic mass is 9.95. The van der Waals surface area contributed by atoms with Crippen LogP contribution in [0.1, 0.15) is 26.7 Å². The zero-order valence-corrected chi connectivity index (χ0v) is 9.65. The molecule has 1 atom stereocenters. The van der Waals surface area contributed by atoms with Crippen molar-refractivity contribution >= 4 is 5.96 Å². The summed E-state index contributed by atoms with van der Waals surface area (Å²) < 4.78 is 5.74. The minimum absolute atomic E-state index is 0.125. The van der Waals surface area contributed by atoms with Crippen molar-refractivity contribution in [3.8, 4) is 0 Å². The van der Waals surface area contributed by atoms with Crippen LogP contribution in [-0.4, -0.2) is 36.8 Å². The predicted molar refractivity (Wildman–Crippen MR) is 61.2 cm³/mol. The summed E-state index contributed by atoms with van der Waals surface area (Å²) in [5.41, 5.74) is 10.7. The summed E-state index contributed by atoms with van der Waals surface area (Å²) >= 11 is 0. The smallest absolute Gasteiger partial charge is 0.208 e. The van der Waals surface area contributed by atoms with Crippen molar-refractivity contribution in [3.05, 3.63) is 0 Å². The number of morpholine rings is 1. The molecule has 5 nitrogen and oxygen atoms in total. The molecule has 0 bridgehead atoms. The van der Waals surface area contributed by atoms with Crippen molar-refractivity contribution in [2.45, 2.75) is 32.8 Å². The molecular weight excluding hydrogens is 192 g/mol. The van der Waals surface area contributed by atoms with Crippen LogP contribution >= 0.6 is 0 Å². The van der Waals surface area contributed by atoms with Gasteiger partial charge in [-0.05, 0) is 5.92 Å². The van der Waals surface area contributed by atoms with E-state index in [2.05, 4.69) is 18.9 Å². The minimum Gasteiger partial charge on any atom is -0.374 e. The molecule has 88 valence electrons. The van der Waals surface area contributed by atoms with Crippen LogP contribution in [0.4, 0.5) is 0 Å². The maximum absolute atomic E-state index is 5.74. The third-order valence-electron chi connectivity index (χ3n) is 2.90.